The van der Waals surface area contributed by atoms with Crippen LogP contribution < -0.4 is 15.0 Å². The highest BCUT2D eigenvalue weighted by atomic mass is 16.5. The van der Waals surface area contributed by atoms with Crippen LogP contribution in [0.25, 0.3) is 0 Å². The quantitative estimate of drug-likeness (QED) is 0.652. The lowest BCUT2D eigenvalue weighted by Crippen LogP contribution is -2.52. The third kappa shape index (κ3) is 4.78. The number of guanidine groups is 1. The molecule has 1 aromatic carbocycles. The van der Waals surface area contributed by atoms with Gasteiger partial charge in [0.05, 0.1) is 19.8 Å². The summed E-state index contributed by atoms with van der Waals surface area (Å²) >= 11 is 0. The van der Waals surface area contributed by atoms with Crippen molar-refractivity contribution in [2.75, 3.05) is 57.9 Å². The van der Waals surface area contributed by atoms with Gasteiger partial charge in [-0.3, -0.25) is 4.99 Å². The monoisotopic (exact) mass is 346 g/mol. The van der Waals surface area contributed by atoms with Crippen LogP contribution in [0.4, 0.5) is 5.69 Å². The Morgan fingerprint density at radius 3 is 2.60 bits per heavy atom. The fourth-order valence-electron chi connectivity index (χ4n) is 3.37. The van der Waals surface area contributed by atoms with Crippen molar-refractivity contribution in [1.82, 2.24) is 10.2 Å². The molecule has 2 fully saturated rings. The van der Waals surface area contributed by atoms with Crippen molar-refractivity contribution in [2.24, 2.45) is 4.99 Å². The molecule has 6 heteroatoms. The fourth-order valence-corrected chi connectivity index (χ4v) is 3.37. The Hall–Kier alpha value is -1.95. The molecule has 1 N–H and O–H groups in total. The van der Waals surface area contributed by atoms with Crippen LogP contribution >= 0.6 is 0 Å². The molecule has 1 unspecified atom stereocenters. The average Bonchev–Trinajstić information content (AvgIpc) is 3.19. The van der Waals surface area contributed by atoms with E-state index < -0.39 is 0 Å². The zero-order chi connectivity index (χ0) is 17.5. The Balaban J connectivity index is 1.55. The predicted octanol–water partition coefficient (Wildman–Crippen LogP) is 1.96. The van der Waals surface area contributed by atoms with E-state index in [1.165, 1.54) is 5.69 Å². The highest BCUT2D eigenvalue weighted by Crippen LogP contribution is 2.20. The second-order valence-electron chi connectivity index (χ2n) is 6.50. The van der Waals surface area contributed by atoms with Crippen molar-refractivity contribution in [3.8, 4) is 5.75 Å². The maximum Gasteiger partial charge on any atom is 0.194 e. The van der Waals surface area contributed by atoms with Crippen molar-refractivity contribution >= 4 is 11.6 Å². The first-order chi connectivity index (χ1) is 12.3. The zero-order valence-corrected chi connectivity index (χ0v) is 15.4. The normalized spacial score (nSPS) is 21.5. The first-order valence-corrected chi connectivity index (χ1v) is 9.34. The largest absolute Gasteiger partial charge is 0.497 e. The molecular formula is C19H30N4O2. The summed E-state index contributed by atoms with van der Waals surface area (Å²) in [6.45, 7) is 8.61. The van der Waals surface area contributed by atoms with Gasteiger partial charge in [0.25, 0.3) is 0 Å². The number of nitrogens with zero attached hydrogens (tertiary/aromatic N) is 3. The maximum atomic E-state index is 5.69. The van der Waals surface area contributed by atoms with Crippen molar-refractivity contribution < 1.29 is 9.47 Å². The molecule has 138 valence electrons. The van der Waals surface area contributed by atoms with Gasteiger partial charge in [0.15, 0.2) is 5.96 Å². The molecule has 3 rings (SSSR count). The van der Waals surface area contributed by atoms with Gasteiger partial charge in [-0.25, -0.2) is 0 Å². The van der Waals surface area contributed by atoms with E-state index in [4.69, 9.17) is 14.5 Å². The number of methoxy groups -OCH3 is 1. The molecule has 0 amide bonds. The Kier molecular flexibility index (Phi) is 6.39. The molecule has 2 aliphatic heterocycles. The molecule has 2 saturated heterocycles. The van der Waals surface area contributed by atoms with E-state index in [9.17, 15) is 0 Å². The van der Waals surface area contributed by atoms with Crippen molar-refractivity contribution in [1.29, 1.82) is 0 Å². The molecule has 2 aliphatic rings. The number of aliphatic imine (C=N–C) groups is 1. The lowest BCUT2D eigenvalue weighted by Gasteiger charge is -2.37. The molecule has 1 aromatic rings. The maximum absolute atomic E-state index is 5.69. The SMILES string of the molecule is CCNC(=NCC1CCCO1)N1CCN(c2ccc(OC)cc2)CC1. The summed E-state index contributed by atoms with van der Waals surface area (Å²) in [4.78, 5) is 9.59. The Morgan fingerprint density at radius 1 is 1.24 bits per heavy atom. The Morgan fingerprint density at radius 2 is 2.00 bits per heavy atom. The van der Waals surface area contributed by atoms with Crippen LogP contribution in [-0.2, 0) is 4.74 Å². The van der Waals surface area contributed by atoms with Gasteiger partial charge < -0.3 is 24.6 Å². The van der Waals surface area contributed by atoms with Crippen LogP contribution in [0.15, 0.2) is 29.3 Å². The minimum absolute atomic E-state index is 0.300. The van der Waals surface area contributed by atoms with Crippen LogP contribution in [0.3, 0.4) is 0 Å². The van der Waals surface area contributed by atoms with Gasteiger partial charge in [0.1, 0.15) is 5.75 Å². The average molecular weight is 346 g/mol. The van der Waals surface area contributed by atoms with Gasteiger partial charge in [-0.15, -0.1) is 0 Å². The van der Waals surface area contributed by atoms with Crippen LogP contribution in [0, 0.1) is 0 Å². The summed E-state index contributed by atoms with van der Waals surface area (Å²) in [6.07, 6.45) is 2.60. The van der Waals surface area contributed by atoms with Gasteiger partial charge in [-0.1, -0.05) is 0 Å². The topological polar surface area (TPSA) is 49.3 Å². The second-order valence-corrected chi connectivity index (χ2v) is 6.50. The molecule has 0 saturated carbocycles. The molecule has 0 bridgehead atoms. The first kappa shape index (κ1) is 17.9. The number of piperazine rings is 1. The summed E-state index contributed by atoms with van der Waals surface area (Å²) < 4.78 is 10.9. The van der Waals surface area contributed by atoms with E-state index in [0.717, 1.165) is 70.4 Å². The van der Waals surface area contributed by atoms with Crippen molar-refractivity contribution in [3.05, 3.63) is 24.3 Å². The van der Waals surface area contributed by atoms with Gasteiger partial charge in [0.2, 0.25) is 0 Å². The minimum atomic E-state index is 0.300. The lowest BCUT2D eigenvalue weighted by atomic mass is 10.2. The second kappa shape index (κ2) is 8.94. The van der Waals surface area contributed by atoms with Crippen LogP contribution in [0.1, 0.15) is 19.8 Å². The Bertz CT molecular complexity index is 547. The molecule has 1 atom stereocenters. The van der Waals surface area contributed by atoms with Crippen LogP contribution in [0.2, 0.25) is 0 Å². The predicted molar refractivity (Wildman–Crippen MR) is 102 cm³/mol. The number of hydrogen-bond acceptors (Lipinski definition) is 4. The summed E-state index contributed by atoms with van der Waals surface area (Å²) in [7, 11) is 1.70. The number of anilines is 1. The van der Waals surface area contributed by atoms with E-state index in [-0.39, 0.29) is 0 Å². The molecule has 0 aliphatic carbocycles. The smallest absolute Gasteiger partial charge is 0.194 e. The number of nitrogens with one attached hydrogen (secondary N) is 1. The standard InChI is InChI=1S/C19H30N4O2/c1-3-20-19(21-15-18-5-4-14-25-18)23-12-10-22(11-13-23)16-6-8-17(24-2)9-7-16/h6-9,18H,3-5,10-15H2,1-2H3,(H,20,21). The number of benzene rings is 1. The third-order valence-electron chi connectivity index (χ3n) is 4.82. The van der Waals surface area contributed by atoms with Crippen LogP contribution in [-0.4, -0.2) is 69.9 Å². The minimum Gasteiger partial charge on any atom is -0.497 e. The Labute approximate surface area is 150 Å². The summed E-state index contributed by atoms with van der Waals surface area (Å²) in [6, 6.07) is 8.31. The molecule has 0 spiro atoms. The first-order valence-electron chi connectivity index (χ1n) is 9.34. The van der Waals surface area contributed by atoms with Crippen LogP contribution in [0.5, 0.6) is 5.75 Å². The van der Waals surface area contributed by atoms with E-state index in [2.05, 4.69) is 34.2 Å². The zero-order valence-electron chi connectivity index (χ0n) is 15.4. The molecule has 25 heavy (non-hydrogen) atoms. The van der Waals surface area contributed by atoms with E-state index in [1.54, 1.807) is 7.11 Å². The lowest BCUT2D eigenvalue weighted by molar-refractivity contribution is 0.117. The molecular weight excluding hydrogens is 316 g/mol. The summed E-state index contributed by atoms with van der Waals surface area (Å²) in [5, 5.41) is 3.43. The third-order valence-corrected chi connectivity index (χ3v) is 4.82. The highest BCUT2D eigenvalue weighted by molar-refractivity contribution is 5.80. The van der Waals surface area contributed by atoms with Gasteiger partial charge >= 0.3 is 0 Å². The van der Waals surface area contributed by atoms with E-state index in [0.29, 0.717) is 6.10 Å². The molecule has 6 nitrogen and oxygen atoms in total. The van der Waals surface area contributed by atoms with E-state index >= 15 is 0 Å². The summed E-state index contributed by atoms with van der Waals surface area (Å²) in [5.41, 5.74) is 1.25. The van der Waals surface area contributed by atoms with Crippen molar-refractivity contribution in [2.45, 2.75) is 25.9 Å². The van der Waals surface area contributed by atoms with Gasteiger partial charge in [0, 0.05) is 45.0 Å². The molecule has 0 radical (unpaired) electrons. The number of ether oxygens (including phenoxy) is 2. The fraction of sp³-hybridized carbons (Fsp3) is 0.632. The van der Waals surface area contributed by atoms with Gasteiger partial charge in [-0.05, 0) is 44.0 Å². The van der Waals surface area contributed by atoms with E-state index in [1.807, 2.05) is 12.1 Å². The number of rotatable bonds is 5. The molecule has 2 heterocycles. The van der Waals surface area contributed by atoms with Crippen molar-refractivity contribution in [3.63, 3.8) is 0 Å². The highest BCUT2D eigenvalue weighted by Gasteiger charge is 2.21. The molecule has 0 aromatic heterocycles. The van der Waals surface area contributed by atoms with Gasteiger partial charge in [-0.2, -0.15) is 0 Å². The summed E-state index contributed by atoms with van der Waals surface area (Å²) in [5.74, 6) is 1.92. The number of hydrogen-bond donors (Lipinski definition) is 1.